The van der Waals surface area contributed by atoms with Gasteiger partial charge in [0.15, 0.2) is 6.10 Å². The number of halogens is 1. The Morgan fingerprint density at radius 1 is 1.16 bits per heavy atom. The molecule has 0 aliphatic carbocycles. The van der Waals surface area contributed by atoms with Gasteiger partial charge in [0.25, 0.3) is 11.6 Å². The van der Waals surface area contributed by atoms with Crippen molar-refractivity contribution in [3.05, 3.63) is 80.9 Å². The van der Waals surface area contributed by atoms with Crippen molar-refractivity contribution in [1.82, 2.24) is 9.80 Å². The molecule has 0 radical (unpaired) electrons. The maximum atomic E-state index is 12.6. The van der Waals surface area contributed by atoms with Gasteiger partial charge in [-0.3, -0.25) is 19.8 Å². The molecule has 2 aromatic rings. The zero-order chi connectivity index (χ0) is 23.1. The number of rotatable bonds is 7. The number of hydrogen-bond donors (Lipinski definition) is 0. The van der Waals surface area contributed by atoms with Crippen molar-refractivity contribution >= 4 is 35.2 Å². The number of nitrogens with zero attached hydrogens (tertiary/aromatic N) is 3. The first-order valence-electron chi connectivity index (χ1n) is 10.2. The second kappa shape index (κ2) is 10.9. The molecule has 1 atom stereocenters. The maximum Gasteiger partial charge on any atom is 0.331 e. The fourth-order valence-electron chi connectivity index (χ4n) is 3.43. The van der Waals surface area contributed by atoms with Crippen LogP contribution in [0.1, 0.15) is 18.1 Å². The van der Waals surface area contributed by atoms with Crippen LogP contribution in [0.4, 0.5) is 5.69 Å². The molecule has 1 heterocycles. The summed E-state index contributed by atoms with van der Waals surface area (Å²) in [5.74, 6) is -0.945. The van der Waals surface area contributed by atoms with Crippen molar-refractivity contribution in [2.75, 3.05) is 26.2 Å². The van der Waals surface area contributed by atoms with Gasteiger partial charge in [0.05, 0.1) is 4.92 Å². The van der Waals surface area contributed by atoms with Gasteiger partial charge in [-0.2, -0.15) is 0 Å². The Kier molecular flexibility index (Phi) is 7.97. The maximum absolute atomic E-state index is 12.6. The number of carbonyl (C=O) groups is 2. The molecular weight excluding hydrogens is 434 g/mol. The molecule has 8 nitrogen and oxygen atoms in total. The van der Waals surface area contributed by atoms with E-state index in [0.29, 0.717) is 18.7 Å². The normalized spacial score (nSPS) is 15.5. The fourth-order valence-corrected chi connectivity index (χ4v) is 3.61. The SMILES string of the molecule is CC(OC(=O)C=Cc1ccc(Cl)c([N+](=O)[O-])c1)C(=O)N1CCN(Cc2ccccc2)CC1. The summed E-state index contributed by atoms with van der Waals surface area (Å²) < 4.78 is 5.22. The molecule has 0 spiro atoms. The van der Waals surface area contributed by atoms with Crippen LogP contribution in [0, 0.1) is 10.1 Å². The molecule has 1 amide bonds. The van der Waals surface area contributed by atoms with Crippen LogP contribution in [0.3, 0.4) is 0 Å². The van der Waals surface area contributed by atoms with Crippen molar-refractivity contribution in [3.63, 3.8) is 0 Å². The van der Waals surface area contributed by atoms with E-state index < -0.39 is 17.0 Å². The summed E-state index contributed by atoms with van der Waals surface area (Å²) >= 11 is 5.78. The molecule has 9 heteroatoms. The number of nitro benzene ring substituents is 1. The molecule has 1 aliphatic heterocycles. The summed E-state index contributed by atoms with van der Waals surface area (Å²) in [6.07, 6.45) is 1.59. The van der Waals surface area contributed by atoms with Gasteiger partial charge < -0.3 is 9.64 Å². The second-order valence-corrected chi connectivity index (χ2v) is 7.87. The lowest BCUT2D eigenvalue weighted by Gasteiger charge is -2.35. The molecule has 3 rings (SSSR count). The van der Waals surface area contributed by atoms with Crippen molar-refractivity contribution in [3.8, 4) is 0 Å². The minimum absolute atomic E-state index is 0.0119. The third kappa shape index (κ3) is 6.38. The van der Waals surface area contributed by atoms with Crippen LogP contribution in [-0.4, -0.2) is 58.9 Å². The fraction of sp³-hybridized carbons (Fsp3) is 0.304. The number of amides is 1. The molecule has 0 aromatic heterocycles. The summed E-state index contributed by atoms with van der Waals surface area (Å²) in [4.78, 5) is 39.1. The number of hydrogen-bond acceptors (Lipinski definition) is 6. The Morgan fingerprint density at radius 3 is 2.50 bits per heavy atom. The van der Waals surface area contributed by atoms with E-state index in [0.717, 1.165) is 25.7 Å². The van der Waals surface area contributed by atoms with Crippen LogP contribution < -0.4 is 0 Å². The van der Waals surface area contributed by atoms with Gasteiger partial charge in [-0.15, -0.1) is 0 Å². The topological polar surface area (TPSA) is 93.0 Å². The predicted molar refractivity (Wildman–Crippen MR) is 121 cm³/mol. The van der Waals surface area contributed by atoms with Crippen LogP contribution in [0.2, 0.25) is 5.02 Å². The van der Waals surface area contributed by atoms with E-state index in [4.69, 9.17) is 16.3 Å². The lowest BCUT2D eigenvalue weighted by molar-refractivity contribution is -0.384. The zero-order valence-electron chi connectivity index (χ0n) is 17.6. The van der Waals surface area contributed by atoms with E-state index in [1.807, 2.05) is 18.2 Å². The van der Waals surface area contributed by atoms with Crippen LogP contribution in [-0.2, 0) is 20.9 Å². The van der Waals surface area contributed by atoms with Crippen LogP contribution in [0.25, 0.3) is 6.08 Å². The Morgan fingerprint density at radius 2 is 1.84 bits per heavy atom. The number of piperazine rings is 1. The molecule has 0 saturated carbocycles. The van der Waals surface area contributed by atoms with Crippen molar-refractivity contribution in [2.45, 2.75) is 19.6 Å². The molecule has 0 N–H and O–H groups in total. The van der Waals surface area contributed by atoms with Gasteiger partial charge in [0, 0.05) is 44.9 Å². The van der Waals surface area contributed by atoms with E-state index in [1.54, 1.807) is 11.0 Å². The molecule has 32 heavy (non-hydrogen) atoms. The first kappa shape index (κ1) is 23.4. The first-order chi connectivity index (χ1) is 15.3. The molecule has 1 fully saturated rings. The largest absolute Gasteiger partial charge is 0.449 e. The Bertz CT molecular complexity index is 1000. The highest BCUT2D eigenvalue weighted by Crippen LogP contribution is 2.25. The predicted octanol–water partition coefficient (Wildman–Crippen LogP) is 3.54. The van der Waals surface area contributed by atoms with Gasteiger partial charge in [0.2, 0.25) is 0 Å². The van der Waals surface area contributed by atoms with E-state index in [2.05, 4.69) is 17.0 Å². The standard InChI is InChI=1S/C23H24ClN3O5/c1-17(32-22(28)10-8-18-7-9-20(24)21(15-18)27(30)31)23(29)26-13-11-25(12-14-26)16-19-5-3-2-4-6-19/h2-10,15,17H,11-14,16H2,1H3. The number of esters is 1. The van der Waals surface area contributed by atoms with E-state index in [9.17, 15) is 19.7 Å². The smallest absolute Gasteiger partial charge is 0.331 e. The lowest BCUT2D eigenvalue weighted by atomic mass is 10.2. The number of ether oxygens (including phenoxy) is 1. The second-order valence-electron chi connectivity index (χ2n) is 7.47. The third-order valence-corrected chi connectivity index (χ3v) is 5.47. The quantitative estimate of drug-likeness (QED) is 0.273. The van der Waals surface area contributed by atoms with Crippen molar-refractivity contribution in [2.24, 2.45) is 0 Å². The monoisotopic (exact) mass is 457 g/mol. The molecule has 1 unspecified atom stereocenters. The molecule has 1 aliphatic rings. The zero-order valence-corrected chi connectivity index (χ0v) is 18.4. The van der Waals surface area contributed by atoms with E-state index in [-0.39, 0.29) is 16.6 Å². The van der Waals surface area contributed by atoms with E-state index >= 15 is 0 Å². The molecule has 168 valence electrons. The van der Waals surface area contributed by atoms with Gasteiger partial charge in [-0.1, -0.05) is 48.0 Å². The van der Waals surface area contributed by atoms with Crippen LogP contribution in [0.5, 0.6) is 0 Å². The lowest BCUT2D eigenvalue weighted by Crippen LogP contribution is -2.51. The molecule has 1 saturated heterocycles. The Labute approximate surface area is 191 Å². The Balaban J connectivity index is 1.48. The van der Waals surface area contributed by atoms with Gasteiger partial charge in [-0.25, -0.2) is 4.79 Å². The Hall–Kier alpha value is -3.23. The number of nitro groups is 1. The highest BCUT2D eigenvalue weighted by atomic mass is 35.5. The summed E-state index contributed by atoms with van der Waals surface area (Å²) in [5, 5.41) is 11.0. The minimum Gasteiger partial charge on any atom is -0.449 e. The highest BCUT2D eigenvalue weighted by molar-refractivity contribution is 6.32. The summed E-state index contributed by atoms with van der Waals surface area (Å²) in [7, 11) is 0. The summed E-state index contributed by atoms with van der Waals surface area (Å²) in [6, 6.07) is 14.3. The molecule has 0 bridgehead atoms. The van der Waals surface area contributed by atoms with Crippen molar-refractivity contribution in [1.29, 1.82) is 0 Å². The first-order valence-corrected chi connectivity index (χ1v) is 10.6. The van der Waals surface area contributed by atoms with Gasteiger partial charge in [-0.05, 0) is 30.2 Å². The molecule has 2 aromatic carbocycles. The molecular formula is C23H24ClN3O5. The van der Waals surface area contributed by atoms with Crippen molar-refractivity contribution < 1.29 is 19.2 Å². The summed E-state index contributed by atoms with van der Waals surface area (Å²) in [6.45, 7) is 5.00. The summed E-state index contributed by atoms with van der Waals surface area (Å²) in [5.41, 5.74) is 1.40. The average Bonchev–Trinajstić information content (AvgIpc) is 2.79. The van der Waals surface area contributed by atoms with Gasteiger partial charge >= 0.3 is 5.97 Å². The van der Waals surface area contributed by atoms with Gasteiger partial charge in [0.1, 0.15) is 5.02 Å². The average molecular weight is 458 g/mol. The number of benzene rings is 2. The van der Waals surface area contributed by atoms with Crippen LogP contribution in [0.15, 0.2) is 54.6 Å². The third-order valence-electron chi connectivity index (χ3n) is 5.15. The highest BCUT2D eigenvalue weighted by Gasteiger charge is 2.26. The minimum atomic E-state index is -0.924. The van der Waals surface area contributed by atoms with Crippen LogP contribution >= 0.6 is 11.6 Å². The number of carbonyl (C=O) groups excluding carboxylic acids is 2. The van der Waals surface area contributed by atoms with E-state index in [1.165, 1.54) is 30.7 Å².